The van der Waals surface area contributed by atoms with Crippen molar-refractivity contribution in [3.8, 4) is 0 Å². The number of hydrogen-bond donors (Lipinski definition) is 2. The summed E-state index contributed by atoms with van der Waals surface area (Å²) in [5.74, 6) is -0.211. The standard InChI is InChI=1S/C18H34N4O8S2/c1-5-21(6-2)17(25)31(27)13-11-29-15(23)19-9-10-20-16(24)30-12-14-32(28)18(26)22(7-3)8-4/h5-14H2,1-4H3,(H,19,23)(H,20,24). The first-order valence-electron chi connectivity index (χ1n) is 10.4. The lowest BCUT2D eigenvalue weighted by Crippen LogP contribution is -2.39. The Morgan fingerprint density at radius 2 is 1.00 bits per heavy atom. The Morgan fingerprint density at radius 1 is 0.688 bits per heavy atom. The summed E-state index contributed by atoms with van der Waals surface area (Å²) in [6.07, 6.45) is -1.56. The molecule has 12 nitrogen and oxygen atoms in total. The summed E-state index contributed by atoms with van der Waals surface area (Å²) >= 11 is -3.55. The number of ether oxygens (including phenoxy) is 2. The lowest BCUT2D eigenvalue weighted by atomic mass is 10.6. The molecule has 0 heterocycles. The van der Waals surface area contributed by atoms with E-state index in [2.05, 4.69) is 10.6 Å². The van der Waals surface area contributed by atoms with E-state index >= 15 is 0 Å². The van der Waals surface area contributed by atoms with Crippen molar-refractivity contribution in [1.29, 1.82) is 0 Å². The number of alkyl carbamates (subject to hydrolysis) is 2. The van der Waals surface area contributed by atoms with Crippen LogP contribution in [0.25, 0.3) is 0 Å². The van der Waals surface area contributed by atoms with Crippen LogP contribution in [0.3, 0.4) is 0 Å². The molecule has 4 amide bonds. The number of rotatable bonds is 13. The van der Waals surface area contributed by atoms with E-state index in [0.717, 1.165) is 0 Å². The molecule has 186 valence electrons. The summed E-state index contributed by atoms with van der Waals surface area (Å²) in [6.45, 7) is 8.62. The van der Waals surface area contributed by atoms with Gasteiger partial charge in [0, 0.05) is 39.3 Å². The second-order valence-electron chi connectivity index (χ2n) is 6.10. The molecule has 0 spiro atoms. The number of hydrogen-bond acceptors (Lipinski definition) is 8. The topological polar surface area (TPSA) is 163 Å². The van der Waals surface area contributed by atoms with Crippen molar-refractivity contribution in [2.45, 2.75) is 27.7 Å². The van der Waals surface area contributed by atoms with Crippen molar-refractivity contribution in [2.75, 3.05) is 64.0 Å². The molecule has 0 fully saturated rings. The smallest absolute Gasteiger partial charge is 0.429 e. The van der Waals surface area contributed by atoms with Gasteiger partial charge in [0.1, 0.15) is 24.7 Å². The lowest BCUT2D eigenvalue weighted by Gasteiger charge is -2.19. The molecule has 0 aliphatic heterocycles. The summed E-state index contributed by atoms with van der Waals surface area (Å²) in [5.41, 5.74) is 0. The Morgan fingerprint density at radius 3 is 1.28 bits per heavy atom. The molecule has 0 saturated carbocycles. The van der Waals surface area contributed by atoms with Crippen molar-refractivity contribution in [2.24, 2.45) is 0 Å². The highest BCUT2D eigenvalue weighted by molar-refractivity contribution is 8.06. The number of nitrogens with zero attached hydrogens (tertiary/aromatic N) is 2. The predicted molar refractivity (Wildman–Crippen MR) is 121 cm³/mol. The molecule has 0 aliphatic carbocycles. The molecular formula is C18H34N4O8S2. The third-order valence-corrected chi connectivity index (χ3v) is 6.47. The van der Waals surface area contributed by atoms with Crippen LogP contribution in [0, 0.1) is 0 Å². The van der Waals surface area contributed by atoms with Crippen LogP contribution >= 0.6 is 0 Å². The van der Waals surface area contributed by atoms with Gasteiger partial charge in [0.2, 0.25) is 0 Å². The van der Waals surface area contributed by atoms with Gasteiger partial charge in [-0.3, -0.25) is 9.80 Å². The van der Waals surface area contributed by atoms with Gasteiger partial charge in [0.05, 0.1) is 22.4 Å². The van der Waals surface area contributed by atoms with Crippen molar-refractivity contribution in [3.63, 3.8) is 0 Å². The van der Waals surface area contributed by atoms with Crippen LogP contribution in [0.1, 0.15) is 27.7 Å². The molecule has 0 radical (unpaired) electrons. The first-order chi connectivity index (χ1) is 15.2. The van der Waals surface area contributed by atoms with E-state index in [1.807, 2.05) is 0 Å². The largest absolute Gasteiger partial charge is 0.608 e. The Balaban J connectivity index is 3.90. The molecule has 0 aromatic heterocycles. The molecule has 0 aromatic rings. The maximum atomic E-state index is 11.9. The van der Waals surface area contributed by atoms with Crippen molar-refractivity contribution in [1.82, 2.24) is 20.4 Å². The fourth-order valence-electron chi connectivity index (χ4n) is 2.28. The van der Waals surface area contributed by atoms with Gasteiger partial charge in [-0.25, -0.2) is 19.2 Å². The lowest BCUT2D eigenvalue weighted by molar-refractivity contribution is 0.147. The van der Waals surface area contributed by atoms with Crippen molar-refractivity contribution < 1.29 is 37.8 Å². The average Bonchev–Trinajstić information content (AvgIpc) is 2.77. The zero-order chi connectivity index (χ0) is 24.5. The minimum Gasteiger partial charge on any atom is -0.608 e. The first-order valence-corrected chi connectivity index (χ1v) is 13.0. The van der Waals surface area contributed by atoms with E-state index < -0.39 is 45.0 Å². The van der Waals surface area contributed by atoms with Gasteiger partial charge >= 0.3 is 22.7 Å². The fourth-order valence-corrected chi connectivity index (χ4v) is 4.19. The second-order valence-corrected chi connectivity index (χ2v) is 9.00. The van der Waals surface area contributed by atoms with Gasteiger partial charge in [-0.1, -0.05) is 0 Å². The third kappa shape index (κ3) is 12.2. The molecule has 2 unspecified atom stereocenters. The Hall–Kier alpha value is -1.90. The van der Waals surface area contributed by atoms with Crippen LogP contribution in [0.4, 0.5) is 19.2 Å². The van der Waals surface area contributed by atoms with Crippen LogP contribution in [-0.4, -0.2) is 106 Å². The zero-order valence-corrected chi connectivity index (χ0v) is 20.7. The van der Waals surface area contributed by atoms with E-state index in [4.69, 9.17) is 9.47 Å². The van der Waals surface area contributed by atoms with Crippen molar-refractivity contribution in [3.05, 3.63) is 0 Å². The molecule has 32 heavy (non-hydrogen) atoms. The van der Waals surface area contributed by atoms with E-state index in [1.54, 1.807) is 27.7 Å². The molecule has 0 aromatic carbocycles. The molecule has 0 rings (SSSR count). The highest BCUT2D eigenvalue weighted by atomic mass is 32.2. The van der Waals surface area contributed by atoms with Crippen LogP contribution in [0.2, 0.25) is 0 Å². The highest BCUT2D eigenvalue weighted by Crippen LogP contribution is 2.03. The molecule has 2 atom stereocenters. The molecule has 0 saturated heterocycles. The van der Waals surface area contributed by atoms with Gasteiger partial charge in [-0.05, 0) is 27.7 Å². The SMILES string of the molecule is CCN(CC)C(=O)[S+]([O-])CCOC(=O)NCCNC(=O)OCC[S+]([O-])C(=O)N(CC)CC. The van der Waals surface area contributed by atoms with Gasteiger partial charge in [0.25, 0.3) is 0 Å². The normalized spacial score (nSPS) is 12.3. The average molecular weight is 499 g/mol. The van der Waals surface area contributed by atoms with Gasteiger partial charge in [-0.2, -0.15) is 0 Å². The van der Waals surface area contributed by atoms with Gasteiger partial charge in [-0.15, -0.1) is 0 Å². The van der Waals surface area contributed by atoms with Crippen LogP contribution < -0.4 is 10.6 Å². The number of carbonyl (C=O) groups is 4. The maximum Gasteiger partial charge on any atom is 0.429 e. The fraction of sp³-hybridized carbons (Fsp3) is 0.778. The Kier molecular flexibility index (Phi) is 16.6. The quantitative estimate of drug-likeness (QED) is 0.279. The van der Waals surface area contributed by atoms with Gasteiger partial charge in [0.15, 0.2) is 0 Å². The maximum absolute atomic E-state index is 11.9. The molecule has 0 aliphatic rings. The Bertz CT molecular complexity index is 541. The monoisotopic (exact) mass is 498 g/mol. The second kappa shape index (κ2) is 17.6. The summed E-state index contributed by atoms with van der Waals surface area (Å²) in [4.78, 5) is 49.7. The Labute approximate surface area is 195 Å². The zero-order valence-electron chi connectivity index (χ0n) is 19.0. The van der Waals surface area contributed by atoms with E-state index in [1.165, 1.54) is 9.80 Å². The van der Waals surface area contributed by atoms with Crippen LogP contribution in [0.15, 0.2) is 0 Å². The third-order valence-electron chi connectivity index (χ3n) is 4.10. The number of nitrogens with one attached hydrogen (secondary N) is 2. The summed E-state index contributed by atoms with van der Waals surface area (Å²) in [7, 11) is 0. The summed E-state index contributed by atoms with van der Waals surface area (Å²) < 4.78 is 33.4. The van der Waals surface area contributed by atoms with Crippen LogP contribution in [-0.2, 0) is 31.8 Å². The van der Waals surface area contributed by atoms with Crippen LogP contribution in [0.5, 0.6) is 0 Å². The van der Waals surface area contributed by atoms with Crippen molar-refractivity contribution >= 4 is 45.0 Å². The molecular weight excluding hydrogens is 464 g/mol. The molecule has 14 heteroatoms. The molecule has 2 N–H and O–H groups in total. The predicted octanol–water partition coefficient (Wildman–Crippen LogP) is 0.860. The first kappa shape index (κ1) is 30.1. The number of amides is 4. The molecule has 0 bridgehead atoms. The van der Waals surface area contributed by atoms with Gasteiger partial charge < -0.3 is 29.2 Å². The highest BCUT2D eigenvalue weighted by Gasteiger charge is 2.25. The van der Waals surface area contributed by atoms with E-state index in [0.29, 0.717) is 26.2 Å². The van der Waals surface area contributed by atoms with E-state index in [9.17, 15) is 28.3 Å². The number of carbonyl (C=O) groups excluding carboxylic acids is 4. The summed E-state index contributed by atoms with van der Waals surface area (Å²) in [5, 5.41) is 3.76. The minimum atomic E-state index is -1.78. The summed E-state index contributed by atoms with van der Waals surface area (Å²) in [6, 6.07) is 0. The minimum absolute atomic E-state index is 0.0434. The van der Waals surface area contributed by atoms with E-state index in [-0.39, 0.29) is 37.8 Å².